The maximum absolute atomic E-state index is 13.3. The fraction of sp³-hybridized carbons (Fsp3) is 0.231. The average molecular weight is 327 g/mol. The van der Waals surface area contributed by atoms with Gasteiger partial charge in [0.05, 0.1) is 5.56 Å². The van der Waals surface area contributed by atoms with E-state index in [0.717, 1.165) is 0 Å². The molecule has 100 valence electrons. The molecule has 0 unspecified atom stereocenters. The van der Waals surface area contributed by atoms with Crippen LogP contribution in [0.15, 0.2) is 27.5 Å². The van der Waals surface area contributed by atoms with Gasteiger partial charge in [0.2, 0.25) is 5.88 Å². The molecule has 0 saturated carbocycles. The van der Waals surface area contributed by atoms with Gasteiger partial charge in [-0.2, -0.15) is 4.98 Å². The average Bonchev–Trinajstić information content (AvgIpc) is 2.25. The van der Waals surface area contributed by atoms with Crippen LogP contribution in [-0.2, 0) is 0 Å². The summed E-state index contributed by atoms with van der Waals surface area (Å²) < 4.78 is 13.8. The van der Waals surface area contributed by atoms with Crippen LogP contribution in [0.4, 0.5) is 4.39 Å². The van der Waals surface area contributed by atoms with Crippen molar-refractivity contribution in [1.29, 1.82) is 0 Å². The zero-order chi connectivity index (χ0) is 14.2. The minimum Gasteiger partial charge on any atom is -0.493 e. The lowest BCUT2D eigenvalue weighted by molar-refractivity contribution is 0.440. The fourth-order valence-electron chi connectivity index (χ4n) is 1.82. The first-order chi connectivity index (χ1) is 8.88. The number of H-pyrrole nitrogens is 1. The number of nitrogens with one attached hydrogen (secondary N) is 1. The molecular formula is C13H12BrFN2O2. The van der Waals surface area contributed by atoms with Gasteiger partial charge in [-0.15, -0.1) is 0 Å². The summed E-state index contributed by atoms with van der Waals surface area (Å²) in [6.45, 7) is 3.56. The highest BCUT2D eigenvalue weighted by molar-refractivity contribution is 9.10. The largest absolute Gasteiger partial charge is 0.493 e. The summed E-state index contributed by atoms with van der Waals surface area (Å²) in [5.41, 5.74) is 0.187. The van der Waals surface area contributed by atoms with E-state index < -0.39 is 11.4 Å². The normalized spacial score (nSPS) is 11.0. The van der Waals surface area contributed by atoms with Gasteiger partial charge in [0.1, 0.15) is 11.6 Å². The molecule has 0 amide bonds. The zero-order valence-corrected chi connectivity index (χ0v) is 12.0. The number of aromatic amines is 1. The van der Waals surface area contributed by atoms with Crippen molar-refractivity contribution in [2.75, 3.05) is 0 Å². The quantitative estimate of drug-likeness (QED) is 0.890. The predicted molar refractivity (Wildman–Crippen MR) is 73.7 cm³/mol. The molecule has 1 aromatic carbocycles. The van der Waals surface area contributed by atoms with E-state index >= 15 is 0 Å². The summed E-state index contributed by atoms with van der Waals surface area (Å²) in [6, 6.07) is 4.14. The SMILES string of the molecule is CC(C)c1c(O)nc(-c2cc(F)cc(Br)c2)[nH]c1=O. The van der Waals surface area contributed by atoms with E-state index in [4.69, 9.17) is 0 Å². The van der Waals surface area contributed by atoms with Crippen LogP contribution in [0.3, 0.4) is 0 Å². The van der Waals surface area contributed by atoms with Crippen LogP contribution in [0, 0.1) is 5.82 Å². The summed E-state index contributed by atoms with van der Waals surface area (Å²) in [5, 5.41) is 9.81. The summed E-state index contributed by atoms with van der Waals surface area (Å²) >= 11 is 3.16. The molecule has 0 radical (unpaired) electrons. The highest BCUT2D eigenvalue weighted by atomic mass is 79.9. The smallest absolute Gasteiger partial charge is 0.258 e. The number of halogens is 2. The Morgan fingerprint density at radius 3 is 2.58 bits per heavy atom. The second kappa shape index (κ2) is 5.13. The van der Waals surface area contributed by atoms with Crippen LogP contribution < -0.4 is 5.56 Å². The lowest BCUT2D eigenvalue weighted by Gasteiger charge is -2.08. The number of aromatic hydroxyl groups is 1. The number of hydrogen-bond acceptors (Lipinski definition) is 3. The maximum Gasteiger partial charge on any atom is 0.258 e. The highest BCUT2D eigenvalue weighted by Gasteiger charge is 2.15. The summed E-state index contributed by atoms with van der Waals surface area (Å²) in [5.74, 6) is -0.801. The second-order valence-corrected chi connectivity index (χ2v) is 5.38. The van der Waals surface area contributed by atoms with Crippen LogP contribution in [0.5, 0.6) is 5.88 Å². The van der Waals surface area contributed by atoms with Gasteiger partial charge in [0.25, 0.3) is 5.56 Å². The van der Waals surface area contributed by atoms with Crippen LogP contribution in [0.25, 0.3) is 11.4 Å². The number of rotatable bonds is 2. The Labute approximate surface area is 117 Å². The Kier molecular flexibility index (Phi) is 3.71. The Morgan fingerprint density at radius 1 is 1.37 bits per heavy atom. The van der Waals surface area contributed by atoms with Crippen molar-refractivity contribution in [1.82, 2.24) is 9.97 Å². The van der Waals surface area contributed by atoms with Gasteiger partial charge in [-0.1, -0.05) is 29.8 Å². The van der Waals surface area contributed by atoms with Crippen LogP contribution in [-0.4, -0.2) is 15.1 Å². The van der Waals surface area contributed by atoms with Gasteiger partial charge in [-0.3, -0.25) is 4.79 Å². The van der Waals surface area contributed by atoms with Gasteiger partial charge >= 0.3 is 0 Å². The minimum absolute atomic E-state index is 0.132. The second-order valence-electron chi connectivity index (χ2n) is 4.46. The number of hydrogen-bond donors (Lipinski definition) is 2. The Hall–Kier alpha value is -1.69. The van der Waals surface area contributed by atoms with Crippen LogP contribution in [0.1, 0.15) is 25.3 Å². The third-order valence-electron chi connectivity index (χ3n) is 2.65. The van der Waals surface area contributed by atoms with E-state index in [2.05, 4.69) is 25.9 Å². The van der Waals surface area contributed by atoms with E-state index in [1.807, 2.05) is 0 Å². The van der Waals surface area contributed by atoms with Crippen molar-refractivity contribution >= 4 is 15.9 Å². The molecule has 4 nitrogen and oxygen atoms in total. The molecule has 2 rings (SSSR count). The van der Waals surface area contributed by atoms with Crippen molar-refractivity contribution < 1.29 is 9.50 Å². The van der Waals surface area contributed by atoms with Crippen molar-refractivity contribution in [3.05, 3.63) is 44.4 Å². The highest BCUT2D eigenvalue weighted by Crippen LogP contribution is 2.25. The van der Waals surface area contributed by atoms with Crippen molar-refractivity contribution in [3.8, 4) is 17.3 Å². The minimum atomic E-state index is -0.459. The number of benzene rings is 1. The van der Waals surface area contributed by atoms with Gasteiger partial charge in [-0.25, -0.2) is 4.39 Å². The third kappa shape index (κ3) is 2.84. The van der Waals surface area contributed by atoms with Gasteiger partial charge < -0.3 is 10.1 Å². The number of aromatic nitrogens is 2. The molecule has 0 saturated heterocycles. The van der Waals surface area contributed by atoms with Gasteiger partial charge in [0, 0.05) is 10.0 Å². The topological polar surface area (TPSA) is 66.0 Å². The third-order valence-corrected chi connectivity index (χ3v) is 3.11. The Bertz CT molecular complexity index is 663. The van der Waals surface area contributed by atoms with Crippen LogP contribution >= 0.6 is 15.9 Å². The molecule has 0 fully saturated rings. The first-order valence-corrected chi connectivity index (χ1v) is 6.47. The first-order valence-electron chi connectivity index (χ1n) is 5.68. The molecule has 2 aromatic rings. The summed E-state index contributed by atoms with van der Waals surface area (Å²) in [6.07, 6.45) is 0. The Balaban J connectivity index is 2.62. The molecule has 0 atom stereocenters. The lowest BCUT2D eigenvalue weighted by atomic mass is 10.1. The van der Waals surface area contributed by atoms with E-state index in [-0.39, 0.29) is 23.2 Å². The van der Waals surface area contributed by atoms with E-state index in [9.17, 15) is 14.3 Å². The Morgan fingerprint density at radius 2 is 2.05 bits per heavy atom. The van der Waals surface area contributed by atoms with Crippen molar-refractivity contribution in [2.45, 2.75) is 19.8 Å². The predicted octanol–water partition coefficient (Wildman–Crippen LogP) is 3.17. The maximum atomic E-state index is 13.3. The fourth-order valence-corrected chi connectivity index (χ4v) is 2.28. The molecule has 2 N–H and O–H groups in total. The number of nitrogens with zero attached hydrogens (tertiary/aromatic N) is 1. The molecule has 1 aromatic heterocycles. The monoisotopic (exact) mass is 326 g/mol. The molecule has 1 heterocycles. The first kappa shape index (κ1) is 13.7. The standard InChI is InChI=1S/C13H12BrFN2O2/c1-6(2)10-12(18)16-11(17-13(10)19)7-3-8(14)5-9(15)4-7/h3-6H,1-2H3,(H2,16,17,18,19). The molecule has 0 spiro atoms. The van der Waals surface area contributed by atoms with Gasteiger partial charge in [0.15, 0.2) is 0 Å². The summed E-state index contributed by atoms with van der Waals surface area (Å²) in [7, 11) is 0. The molecule has 0 aliphatic carbocycles. The molecule has 0 aliphatic rings. The van der Waals surface area contributed by atoms with Crippen LogP contribution in [0.2, 0.25) is 0 Å². The van der Waals surface area contributed by atoms with Crippen molar-refractivity contribution in [2.24, 2.45) is 0 Å². The molecule has 0 bridgehead atoms. The molecule has 19 heavy (non-hydrogen) atoms. The molecule has 0 aliphatic heterocycles. The lowest BCUT2D eigenvalue weighted by Crippen LogP contribution is -2.16. The molecule has 6 heteroatoms. The molecular weight excluding hydrogens is 315 g/mol. The van der Waals surface area contributed by atoms with E-state index in [1.165, 1.54) is 12.1 Å². The summed E-state index contributed by atoms with van der Waals surface area (Å²) in [4.78, 5) is 18.4. The zero-order valence-electron chi connectivity index (χ0n) is 10.4. The van der Waals surface area contributed by atoms with Crippen molar-refractivity contribution in [3.63, 3.8) is 0 Å². The van der Waals surface area contributed by atoms with E-state index in [1.54, 1.807) is 19.9 Å². The van der Waals surface area contributed by atoms with E-state index in [0.29, 0.717) is 10.0 Å². The van der Waals surface area contributed by atoms with Gasteiger partial charge in [-0.05, 0) is 24.1 Å².